The van der Waals surface area contributed by atoms with E-state index in [0.717, 1.165) is 49.5 Å². The minimum absolute atomic E-state index is 0.00730. The number of carbonyl (C=O) groups is 1. The van der Waals surface area contributed by atoms with Crippen LogP contribution < -0.4 is 4.74 Å². The molecule has 0 spiro atoms. The van der Waals surface area contributed by atoms with Crippen molar-refractivity contribution in [3.05, 3.63) is 54.1 Å². The summed E-state index contributed by atoms with van der Waals surface area (Å²) in [4.78, 5) is 12.7. The van der Waals surface area contributed by atoms with Gasteiger partial charge in [-0.2, -0.15) is 13.2 Å². The van der Waals surface area contributed by atoms with Crippen LogP contribution in [0.25, 0.3) is 0 Å². The molecule has 3 rings (SSSR count). The molecule has 0 amide bonds. The van der Waals surface area contributed by atoms with Crippen molar-refractivity contribution < 1.29 is 36.3 Å². The van der Waals surface area contributed by atoms with Crippen molar-refractivity contribution in [1.29, 1.82) is 0 Å². The highest BCUT2D eigenvalue weighted by Crippen LogP contribution is 2.45. The van der Waals surface area contributed by atoms with Crippen molar-refractivity contribution >= 4 is 22.6 Å². The van der Waals surface area contributed by atoms with E-state index in [4.69, 9.17) is 18.3 Å². The summed E-state index contributed by atoms with van der Waals surface area (Å²) in [7, 11) is -4.27. The van der Waals surface area contributed by atoms with E-state index in [9.17, 15) is 18.0 Å². The van der Waals surface area contributed by atoms with Crippen LogP contribution in [-0.4, -0.2) is 47.5 Å². The van der Waals surface area contributed by atoms with Crippen molar-refractivity contribution in [2.24, 2.45) is 11.8 Å². The fourth-order valence-electron chi connectivity index (χ4n) is 6.08. The molecule has 1 aliphatic carbocycles. The second-order valence-electron chi connectivity index (χ2n) is 14.1. The average molecular weight is 669 g/mol. The summed E-state index contributed by atoms with van der Waals surface area (Å²) in [5.41, 5.74) is -0.742. The Morgan fingerprint density at radius 3 is 2.38 bits per heavy atom. The highest BCUT2D eigenvalue weighted by atomic mass is 28.4. The van der Waals surface area contributed by atoms with Gasteiger partial charge < -0.3 is 18.3 Å². The molecule has 1 aromatic carbocycles. The molecular weight excluding hydrogens is 614 g/mol. The van der Waals surface area contributed by atoms with Crippen molar-refractivity contribution in [2.75, 3.05) is 6.61 Å². The predicted molar refractivity (Wildman–Crippen MR) is 179 cm³/mol. The van der Waals surface area contributed by atoms with E-state index in [1.165, 1.54) is 6.07 Å². The van der Waals surface area contributed by atoms with Crippen molar-refractivity contribution in [3.8, 4) is 5.75 Å². The molecular formula is C35H55F3O5Si2. The van der Waals surface area contributed by atoms with Crippen LogP contribution in [0, 0.1) is 11.8 Å². The minimum atomic E-state index is -4.45. The fourth-order valence-corrected chi connectivity index (χ4v) is 10.2. The monoisotopic (exact) mass is 668 g/mol. The van der Waals surface area contributed by atoms with Crippen LogP contribution >= 0.6 is 0 Å². The molecule has 5 nitrogen and oxygen atoms in total. The predicted octanol–water partition coefficient (Wildman–Crippen LogP) is 10.1. The van der Waals surface area contributed by atoms with E-state index in [1.54, 1.807) is 6.07 Å². The third-order valence-corrected chi connectivity index (χ3v) is 19.4. The van der Waals surface area contributed by atoms with Gasteiger partial charge in [-0.3, -0.25) is 4.79 Å². The molecule has 0 N–H and O–H groups in total. The van der Waals surface area contributed by atoms with Gasteiger partial charge in [-0.1, -0.05) is 71.9 Å². The van der Waals surface area contributed by atoms with Gasteiger partial charge in [0.2, 0.25) is 0 Å². The molecule has 5 atom stereocenters. The Hall–Kier alpha value is -1.89. The maximum absolute atomic E-state index is 13.4. The smallest absolute Gasteiger partial charge is 0.416 e. The molecule has 0 aromatic heterocycles. The molecule has 0 saturated heterocycles. The van der Waals surface area contributed by atoms with Crippen LogP contribution in [0.5, 0.6) is 5.75 Å². The number of allylic oxidation sites excluding steroid dienone is 2. The molecule has 1 fully saturated rings. The third kappa shape index (κ3) is 10.3. The molecule has 1 aromatic rings. The van der Waals surface area contributed by atoms with E-state index in [1.807, 2.05) is 6.08 Å². The standard InChI is InChI=1S/C35H55F3O5Si2/c1-9-45(10-2,11-3)42-28(25-40-27-18-16-17-26(23-27)35(36,37)38)21-22-30-29-19-14-12-13-15-20-33(39)41-31(29)24-32(30)43-44(7,8)34(4,5)6/h12,14,16-18,21-23,28-32H,9-11,13,15,19-20,24-25H2,1-8H3/t28?,29-,30-,31+,32?/m1/s1. The van der Waals surface area contributed by atoms with E-state index in [2.05, 4.69) is 72.9 Å². The number of hydrogen-bond acceptors (Lipinski definition) is 5. The molecule has 1 heterocycles. The van der Waals surface area contributed by atoms with Crippen molar-refractivity contribution in [1.82, 2.24) is 0 Å². The van der Waals surface area contributed by atoms with Gasteiger partial charge in [0, 0.05) is 24.7 Å². The summed E-state index contributed by atoms with van der Waals surface area (Å²) < 4.78 is 66.1. The molecule has 1 aliphatic heterocycles. The second-order valence-corrected chi connectivity index (χ2v) is 23.6. The summed E-state index contributed by atoms with van der Waals surface area (Å²) in [6.45, 7) is 17.7. The van der Waals surface area contributed by atoms with E-state index in [-0.39, 0.29) is 47.4 Å². The van der Waals surface area contributed by atoms with E-state index < -0.39 is 34.5 Å². The maximum Gasteiger partial charge on any atom is 0.416 e. The Bertz CT molecular complexity index is 1150. The average Bonchev–Trinajstić information content (AvgIpc) is 3.28. The number of hydrogen-bond donors (Lipinski definition) is 0. The largest absolute Gasteiger partial charge is 0.491 e. The quantitative estimate of drug-likeness (QED) is 0.126. The molecule has 2 aliphatic rings. The Morgan fingerprint density at radius 1 is 1.07 bits per heavy atom. The summed E-state index contributed by atoms with van der Waals surface area (Å²) in [5.74, 6) is 0.0239. The molecule has 1 saturated carbocycles. The van der Waals surface area contributed by atoms with Crippen LogP contribution in [0.2, 0.25) is 36.3 Å². The molecule has 45 heavy (non-hydrogen) atoms. The Kier molecular flexibility index (Phi) is 13.2. The lowest BCUT2D eigenvalue weighted by Gasteiger charge is -2.40. The lowest BCUT2D eigenvalue weighted by Crippen LogP contribution is -2.45. The first-order chi connectivity index (χ1) is 21.0. The fraction of sp³-hybridized carbons (Fsp3) is 0.686. The Labute approximate surface area is 271 Å². The topological polar surface area (TPSA) is 54.0 Å². The maximum atomic E-state index is 13.4. The first-order valence-electron chi connectivity index (χ1n) is 16.7. The first kappa shape index (κ1) is 37.6. The van der Waals surface area contributed by atoms with Gasteiger partial charge in [-0.05, 0) is 73.7 Å². The number of halogens is 3. The van der Waals surface area contributed by atoms with Gasteiger partial charge in [-0.15, -0.1) is 0 Å². The Morgan fingerprint density at radius 2 is 1.76 bits per heavy atom. The van der Waals surface area contributed by atoms with Gasteiger partial charge in [0.05, 0.1) is 17.8 Å². The van der Waals surface area contributed by atoms with Gasteiger partial charge in [0.15, 0.2) is 16.6 Å². The SMILES string of the molecule is CC[Si](CC)(CC)OC(C=C[C@H]1C(O[Si](C)(C)C(C)(C)C)C[C@@H]2OC(=O)CCCC=CC[C@@H]21)COc1cccc(C(F)(F)F)c1. The number of rotatable bonds is 12. The first-order valence-corrected chi connectivity index (χ1v) is 22.2. The van der Waals surface area contributed by atoms with E-state index in [0.29, 0.717) is 12.8 Å². The number of esters is 1. The lowest BCUT2D eigenvalue weighted by molar-refractivity contribution is -0.151. The van der Waals surface area contributed by atoms with Crippen LogP contribution in [-0.2, 0) is 24.6 Å². The number of alkyl halides is 3. The molecule has 254 valence electrons. The zero-order valence-corrected chi connectivity index (χ0v) is 30.5. The summed E-state index contributed by atoms with van der Waals surface area (Å²) in [6, 6.07) is 7.79. The molecule has 0 bridgehead atoms. The van der Waals surface area contributed by atoms with Crippen LogP contribution in [0.1, 0.15) is 79.2 Å². The van der Waals surface area contributed by atoms with Crippen LogP contribution in [0.15, 0.2) is 48.6 Å². The van der Waals surface area contributed by atoms with Gasteiger partial charge in [0.1, 0.15) is 18.5 Å². The molecule has 10 heteroatoms. The number of ether oxygens (including phenoxy) is 2. The highest BCUT2D eigenvalue weighted by molar-refractivity contribution is 6.74. The van der Waals surface area contributed by atoms with E-state index >= 15 is 0 Å². The molecule has 0 radical (unpaired) electrons. The molecule has 2 unspecified atom stereocenters. The normalized spacial score (nSPS) is 24.4. The summed E-state index contributed by atoms with van der Waals surface area (Å²) in [5, 5.41) is 0.00730. The van der Waals surface area contributed by atoms with Crippen molar-refractivity contribution in [3.63, 3.8) is 0 Å². The third-order valence-electron chi connectivity index (χ3n) is 10.2. The number of carbonyl (C=O) groups excluding carboxylic acids is 1. The number of fused-ring (bicyclic) bond motifs is 1. The van der Waals surface area contributed by atoms with Gasteiger partial charge >= 0.3 is 12.1 Å². The highest BCUT2D eigenvalue weighted by Gasteiger charge is 2.48. The Balaban J connectivity index is 1.97. The number of benzene rings is 1. The zero-order chi connectivity index (χ0) is 33.5. The zero-order valence-electron chi connectivity index (χ0n) is 28.5. The lowest BCUT2D eigenvalue weighted by atomic mass is 9.89. The van der Waals surface area contributed by atoms with Gasteiger partial charge in [0.25, 0.3) is 0 Å². The van der Waals surface area contributed by atoms with Crippen LogP contribution in [0.4, 0.5) is 13.2 Å². The summed E-state index contributed by atoms with van der Waals surface area (Å²) in [6.07, 6.45) is 6.73. The second kappa shape index (κ2) is 15.8. The van der Waals surface area contributed by atoms with Crippen molar-refractivity contribution in [2.45, 2.75) is 134 Å². The summed E-state index contributed by atoms with van der Waals surface area (Å²) >= 11 is 0. The van der Waals surface area contributed by atoms with Gasteiger partial charge in [-0.25, -0.2) is 0 Å². The minimum Gasteiger partial charge on any atom is -0.491 e. The van der Waals surface area contributed by atoms with Crippen LogP contribution in [0.3, 0.4) is 0 Å².